The predicted octanol–water partition coefficient (Wildman–Crippen LogP) is 0.733. The number of alkyl halides is 2. The maximum atomic E-state index is 11.7. The second-order valence-corrected chi connectivity index (χ2v) is 3.33. The van der Waals surface area contributed by atoms with Crippen LogP contribution in [0.3, 0.4) is 0 Å². The molecule has 1 unspecified atom stereocenters. The average molecular weight is 247 g/mol. The first-order valence-electron chi connectivity index (χ1n) is 4.65. The number of hydrogen-bond acceptors (Lipinski definition) is 5. The maximum Gasteiger partial charge on any atom is 0.389 e. The summed E-state index contributed by atoms with van der Waals surface area (Å²) in [6.07, 6.45) is -0.0839. The number of phenolic OH excluding ortho intramolecular Hbond substituents is 2. The van der Waals surface area contributed by atoms with E-state index in [1.165, 1.54) is 18.2 Å². The molecular formula is C10H11F2NO4. The molecule has 0 saturated heterocycles. The van der Waals surface area contributed by atoms with Crippen LogP contribution in [-0.4, -0.2) is 28.8 Å². The number of esters is 1. The van der Waals surface area contributed by atoms with Gasteiger partial charge in [-0.3, -0.25) is 4.79 Å². The highest BCUT2D eigenvalue weighted by molar-refractivity contribution is 5.76. The highest BCUT2D eigenvalue weighted by atomic mass is 19.3. The molecule has 1 atom stereocenters. The van der Waals surface area contributed by atoms with Gasteiger partial charge < -0.3 is 20.7 Å². The zero-order valence-electron chi connectivity index (χ0n) is 8.64. The smallest absolute Gasteiger partial charge is 0.389 e. The Morgan fingerprint density at radius 2 is 2.00 bits per heavy atom. The lowest BCUT2D eigenvalue weighted by Gasteiger charge is -2.11. The quantitative estimate of drug-likeness (QED) is 0.539. The molecule has 1 aromatic carbocycles. The lowest BCUT2D eigenvalue weighted by molar-refractivity contribution is -0.177. The third-order valence-corrected chi connectivity index (χ3v) is 2.00. The highest BCUT2D eigenvalue weighted by Crippen LogP contribution is 2.25. The predicted molar refractivity (Wildman–Crippen MR) is 53.5 cm³/mol. The molecule has 5 nitrogen and oxygen atoms in total. The van der Waals surface area contributed by atoms with Gasteiger partial charge in [0.25, 0.3) is 0 Å². The minimum Gasteiger partial charge on any atom is -0.504 e. The fourth-order valence-corrected chi connectivity index (χ4v) is 1.21. The minimum absolute atomic E-state index is 0.0839. The number of aromatic hydroxyl groups is 2. The minimum atomic E-state index is -3.21. The molecule has 0 aliphatic rings. The number of halogens is 2. The SMILES string of the molecule is NC(Cc1ccc(O)c(O)c1)C(=O)OC(F)F. The summed E-state index contributed by atoms with van der Waals surface area (Å²) in [5.41, 5.74) is 5.75. The van der Waals surface area contributed by atoms with E-state index in [-0.39, 0.29) is 17.9 Å². The molecule has 0 heterocycles. The van der Waals surface area contributed by atoms with Crippen molar-refractivity contribution in [2.45, 2.75) is 19.1 Å². The van der Waals surface area contributed by atoms with Gasteiger partial charge in [0.1, 0.15) is 6.04 Å². The van der Waals surface area contributed by atoms with Gasteiger partial charge in [0.05, 0.1) is 0 Å². The first-order valence-corrected chi connectivity index (χ1v) is 4.65. The van der Waals surface area contributed by atoms with Crippen molar-refractivity contribution >= 4 is 5.97 Å². The van der Waals surface area contributed by atoms with Crippen molar-refractivity contribution in [1.29, 1.82) is 0 Å². The molecule has 0 aliphatic carbocycles. The lowest BCUT2D eigenvalue weighted by Crippen LogP contribution is -2.35. The van der Waals surface area contributed by atoms with E-state index in [0.717, 1.165) is 0 Å². The summed E-state index contributed by atoms with van der Waals surface area (Å²) in [5, 5.41) is 18.2. The van der Waals surface area contributed by atoms with Crippen LogP contribution in [0.2, 0.25) is 0 Å². The van der Waals surface area contributed by atoms with Crippen molar-refractivity contribution in [2.24, 2.45) is 5.73 Å². The molecule has 0 bridgehead atoms. The van der Waals surface area contributed by atoms with Gasteiger partial charge in [0.15, 0.2) is 11.5 Å². The summed E-state index contributed by atoms with van der Waals surface area (Å²) in [5.74, 6) is -1.93. The molecular weight excluding hydrogens is 236 g/mol. The number of phenols is 2. The van der Waals surface area contributed by atoms with Crippen LogP contribution in [0.1, 0.15) is 5.56 Å². The van der Waals surface area contributed by atoms with E-state index < -0.39 is 18.6 Å². The Kier molecular flexibility index (Phi) is 4.22. The third kappa shape index (κ3) is 3.87. The molecule has 17 heavy (non-hydrogen) atoms. The number of carbonyl (C=O) groups excluding carboxylic acids is 1. The first-order chi connectivity index (χ1) is 7.90. The van der Waals surface area contributed by atoms with Gasteiger partial charge in [0.2, 0.25) is 0 Å². The fourth-order valence-electron chi connectivity index (χ4n) is 1.21. The topological polar surface area (TPSA) is 92.8 Å². The molecule has 0 aromatic heterocycles. The number of rotatable bonds is 4. The summed E-state index contributed by atoms with van der Waals surface area (Å²) in [4.78, 5) is 11.0. The lowest BCUT2D eigenvalue weighted by atomic mass is 10.1. The monoisotopic (exact) mass is 247 g/mol. The van der Waals surface area contributed by atoms with E-state index in [1.54, 1.807) is 0 Å². The largest absolute Gasteiger partial charge is 0.504 e. The van der Waals surface area contributed by atoms with E-state index in [9.17, 15) is 18.7 Å². The first kappa shape index (κ1) is 13.2. The van der Waals surface area contributed by atoms with E-state index >= 15 is 0 Å². The molecule has 4 N–H and O–H groups in total. The van der Waals surface area contributed by atoms with Gasteiger partial charge >= 0.3 is 12.6 Å². The summed E-state index contributed by atoms with van der Waals surface area (Å²) in [6.45, 7) is -3.21. The fraction of sp³-hybridized carbons (Fsp3) is 0.300. The summed E-state index contributed by atoms with van der Waals surface area (Å²) in [7, 11) is 0. The average Bonchev–Trinajstić information content (AvgIpc) is 2.22. The molecule has 1 rings (SSSR count). The second kappa shape index (κ2) is 5.44. The van der Waals surface area contributed by atoms with Crippen molar-refractivity contribution in [2.75, 3.05) is 0 Å². The summed E-state index contributed by atoms with van der Waals surface area (Å²) in [6, 6.07) is 2.54. The van der Waals surface area contributed by atoms with Crippen LogP contribution in [0, 0.1) is 0 Å². The van der Waals surface area contributed by atoms with Gasteiger partial charge in [0, 0.05) is 0 Å². The van der Waals surface area contributed by atoms with Gasteiger partial charge in [-0.15, -0.1) is 0 Å². The molecule has 0 amide bonds. The number of carbonyl (C=O) groups is 1. The molecule has 1 aromatic rings. The van der Waals surface area contributed by atoms with E-state index in [2.05, 4.69) is 4.74 Å². The van der Waals surface area contributed by atoms with E-state index in [4.69, 9.17) is 10.8 Å². The van der Waals surface area contributed by atoms with Gasteiger partial charge in [-0.2, -0.15) is 8.78 Å². The van der Waals surface area contributed by atoms with Crippen molar-refractivity contribution < 1.29 is 28.5 Å². The van der Waals surface area contributed by atoms with Crippen molar-refractivity contribution in [3.63, 3.8) is 0 Å². The van der Waals surface area contributed by atoms with Crippen LogP contribution in [-0.2, 0) is 16.0 Å². The molecule has 0 fully saturated rings. The maximum absolute atomic E-state index is 11.7. The van der Waals surface area contributed by atoms with Crippen molar-refractivity contribution in [1.82, 2.24) is 0 Å². The van der Waals surface area contributed by atoms with Gasteiger partial charge in [-0.05, 0) is 24.1 Å². The number of ether oxygens (including phenoxy) is 1. The van der Waals surface area contributed by atoms with Crippen LogP contribution in [0.25, 0.3) is 0 Å². The van der Waals surface area contributed by atoms with Crippen LogP contribution < -0.4 is 5.73 Å². The molecule has 7 heteroatoms. The number of nitrogens with two attached hydrogens (primary N) is 1. The van der Waals surface area contributed by atoms with E-state index in [1.807, 2.05) is 0 Å². The summed E-state index contributed by atoms with van der Waals surface area (Å²) < 4.78 is 27.1. The Labute approximate surface area is 95.4 Å². The van der Waals surface area contributed by atoms with Crippen LogP contribution in [0.4, 0.5) is 8.78 Å². The van der Waals surface area contributed by atoms with Crippen molar-refractivity contribution in [3.8, 4) is 11.5 Å². The standard InChI is InChI=1S/C10H11F2NO4/c11-10(12)17-9(16)6(13)3-5-1-2-7(14)8(15)4-5/h1-2,4,6,10,14-15H,3,13H2. The Balaban J connectivity index is 2.64. The Hall–Kier alpha value is -1.89. The number of hydrogen-bond donors (Lipinski definition) is 3. The van der Waals surface area contributed by atoms with Crippen LogP contribution >= 0.6 is 0 Å². The Bertz CT molecular complexity index is 411. The molecule has 0 saturated carbocycles. The Morgan fingerprint density at radius 1 is 1.35 bits per heavy atom. The van der Waals surface area contributed by atoms with Crippen LogP contribution in [0.15, 0.2) is 18.2 Å². The van der Waals surface area contributed by atoms with Gasteiger partial charge in [-0.25, -0.2) is 0 Å². The molecule has 0 spiro atoms. The summed E-state index contributed by atoms with van der Waals surface area (Å²) >= 11 is 0. The zero-order chi connectivity index (χ0) is 13.0. The molecule has 94 valence electrons. The van der Waals surface area contributed by atoms with Crippen molar-refractivity contribution in [3.05, 3.63) is 23.8 Å². The van der Waals surface area contributed by atoms with E-state index in [0.29, 0.717) is 5.56 Å². The number of benzene rings is 1. The Morgan fingerprint density at radius 3 is 2.53 bits per heavy atom. The zero-order valence-corrected chi connectivity index (χ0v) is 8.64. The highest BCUT2D eigenvalue weighted by Gasteiger charge is 2.19. The van der Waals surface area contributed by atoms with Crippen LogP contribution in [0.5, 0.6) is 11.5 Å². The third-order valence-electron chi connectivity index (χ3n) is 2.00. The molecule has 0 radical (unpaired) electrons. The van der Waals surface area contributed by atoms with Gasteiger partial charge in [-0.1, -0.05) is 6.07 Å². The molecule has 0 aliphatic heterocycles. The normalized spacial score (nSPS) is 12.5. The second-order valence-electron chi connectivity index (χ2n) is 3.33.